The van der Waals surface area contributed by atoms with Crippen LogP contribution in [0.2, 0.25) is 0 Å². The molecule has 0 spiro atoms. The van der Waals surface area contributed by atoms with Crippen LogP contribution < -0.4 is 15.5 Å². The highest BCUT2D eigenvalue weighted by atomic mass is 32.2. The standard InChI is InChI=1S/C19H28N6O2S2/c1-16-6-13-28-17(16)15-23-19(20-2)22-8-14-29(26,27)25-11-9-24(10-12-25)18-5-3-4-7-21-18/h3-7,13H,8-12,14-15H2,1-2H3,(H2,20,22,23). The number of aryl methyl sites for hydroxylation is 1. The van der Waals surface area contributed by atoms with E-state index in [0.717, 1.165) is 5.82 Å². The van der Waals surface area contributed by atoms with E-state index in [9.17, 15) is 8.42 Å². The van der Waals surface area contributed by atoms with Gasteiger partial charge in [0, 0.05) is 50.8 Å². The van der Waals surface area contributed by atoms with Crippen LogP contribution in [0.25, 0.3) is 0 Å². The molecule has 0 aromatic carbocycles. The molecular formula is C19H28N6O2S2. The molecule has 0 bridgehead atoms. The maximum absolute atomic E-state index is 12.7. The largest absolute Gasteiger partial charge is 0.355 e. The van der Waals surface area contributed by atoms with Gasteiger partial charge in [-0.3, -0.25) is 4.99 Å². The van der Waals surface area contributed by atoms with E-state index in [4.69, 9.17) is 0 Å². The Bertz CT molecular complexity index is 906. The van der Waals surface area contributed by atoms with Crippen LogP contribution >= 0.6 is 11.3 Å². The van der Waals surface area contributed by atoms with Crippen LogP contribution in [-0.2, 0) is 16.6 Å². The number of sulfonamides is 1. The number of rotatable bonds is 7. The summed E-state index contributed by atoms with van der Waals surface area (Å²) in [5.74, 6) is 1.53. The fourth-order valence-electron chi connectivity index (χ4n) is 3.13. The van der Waals surface area contributed by atoms with Crippen molar-refractivity contribution >= 4 is 33.1 Å². The molecule has 0 aliphatic carbocycles. The van der Waals surface area contributed by atoms with Crippen molar-refractivity contribution < 1.29 is 8.42 Å². The van der Waals surface area contributed by atoms with Gasteiger partial charge in [0.05, 0.1) is 12.3 Å². The first kappa shape index (κ1) is 21.5. The van der Waals surface area contributed by atoms with Crippen LogP contribution in [0.3, 0.4) is 0 Å². The highest BCUT2D eigenvalue weighted by Crippen LogP contribution is 2.15. The van der Waals surface area contributed by atoms with Crippen molar-refractivity contribution in [3.05, 3.63) is 46.3 Å². The molecular weight excluding hydrogens is 408 g/mol. The summed E-state index contributed by atoms with van der Waals surface area (Å²) >= 11 is 1.69. The van der Waals surface area contributed by atoms with E-state index in [1.54, 1.807) is 28.9 Å². The zero-order valence-corrected chi connectivity index (χ0v) is 18.5. The first-order valence-electron chi connectivity index (χ1n) is 9.61. The molecule has 8 nitrogen and oxygen atoms in total. The number of pyridine rings is 1. The maximum Gasteiger partial charge on any atom is 0.215 e. The number of aromatic nitrogens is 1. The molecule has 0 atom stereocenters. The zero-order valence-electron chi connectivity index (χ0n) is 16.8. The summed E-state index contributed by atoms with van der Waals surface area (Å²) in [7, 11) is -1.63. The molecule has 3 heterocycles. The molecule has 10 heteroatoms. The van der Waals surface area contributed by atoms with Gasteiger partial charge in [-0.2, -0.15) is 4.31 Å². The maximum atomic E-state index is 12.7. The van der Waals surface area contributed by atoms with Gasteiger partial charge in [-0.05, 0) is 36.1 Å². The van der Waals surface area contributed by atoms with Crippen LogP contribution in [0.5, 0.6) is 0 Å². The highest BCUT2D eigenvalue weighted by Gasteiger charge is 2.27. The highest BCUT2D eigenvalue weighted by molar-refractivity contribution is 7.89. The molecule has 0 radical (unpaired) electrons. The molecule has 2 N–H and O–H groups in total. The van der Waals surface area contributed by atoms with Gasteiger partial charge in [-0.15, -0.1) is 11.3 Å². The zero-order chi connectivity index (χ0) is 20.7. The van der Waals surface area contributed by atoms with E-state index in [1.165, 1.54) is 10.4 Å². The Morgan fingerprint density at radius 3 is 2.62 bits per heavy atom. The second-order valence-electron chi connectivity index (χ2n) is 6.77. The van der Waals surface area contributed by atoms with Crippen molar-refractivity contribution in [2.45, 2.75) is 13.5 Å². The van der Waals surface area contributed by atoms with Crippen LogP contribution in [0, 0.1) is 6.92 Å². The van der Waals surface area contributed by atoms with Gasteiger partial charge in [0.1, 0.15) is 5.82 Å². The predicted octanol–water partition coefficient (Wildman–Crippen LogP) is 1.27. The topological polar surface area (TPSA) is 89.9 Å². The van der Waals surface area contributed by atoms with Crippen molar-refractivity contribution in [1.29, 1.82) is 0 Å². The molecule has 0 saturated carbocycles. The minimum atomic E-state index is -3.31. The van der Waals surface area contributed by atoms with E-state index in [0.29, 0.717) is 45.2 Å². The van der Waals surface area contributed by atoms with Gasteiger partial charge in [-0.1, -0.05) is 6.07 Å². The molecule has 29 heavy (non-hydrogen) atoms. The van der Waals surface area contributed by atoms with Gasteiger partial charge in [-0.25, -0.2) is 13.4 Å². The summed E-state index contributed by atoms with van der Waals surface area (Å²) in [5.41, 5.74) is 1.24. The normalized spacial score (nSPS) is 16.1. The lowest BCUT2D eigenvalue weighted by Gasteiger charge is -2.34. The predicted molar refractivity (Wildman–Crippen MR) is 119 cm³/mol. The summed E-state index contributed by atoms with van der Waals surface area (Å²) in [6, 6.07) is 7.85. The Balaban J connectivity index is 1.43. The third-order valence-corrected chi connectivity index (χ3v) is 7.76. The van der Waals surface area contributed by atoms with Crippen molar-refractivity contribution in [3.63, 3.8) is 0 Å². The monoisotopic (exact) mass is 436 g/mol. The van der Waals surface area contributed by atoms with E-state index in [1.807, 2.05) is 18.2 Å². The molecule has 1 aliphatic rings. The molecule has 158 valence electrons. The van der Waals surface area contributed by atoms with Crippen molar-refractivity contribution in [2.75, 3.05) is 50.4 Å². The number of hydrogen-bond donors (Lipinski definition) is 2. The Morgan fingerprint density at radius 2 is 2.00 bits per heavy atom. The molecule has 1 aliphatic heterocycles. The first-order chi connectivity index (χ1) is 14.0. The molecule has 0 unspecified atom stereocenters. The van der Waals surface area contributed by atoms with Crippen LogP contribution in [0.15, 0.2) is 40.8 Å². The number of piperazine rings is 1. The summed E-state index contributed by atoms with van der Waals surface area (Å²) < 4.78 is 26.9. The van der Waals surface area contributed by atoms with Gasteiger partial charge in [0.25, 0.3) is 0 Å². The van der Waals surface area contributed by atoms with Crippen molar-refractivity contribution in [3.8, 4) is 0 Å². The van der Waals surface area contributed by atoms with Crippen LogP contribution in [-0.4, -0.2) is 69.2 Å². The van der Waals surface area contributed by atoms with Crippen molar-refractivity contribution in [2.24, 2.45) is 4.99 Å². The second-order valence-corrected chi connectivity index (χ2v) is 9.86. The van der Waals surface area contributed by atoms with E-state index in [2.05, 4.69) is 43.9 Å². The first-order valence-corrected chi connectivity index (χ1v) is 12.1. The quantitative estimate of drug-likeness (QED) is 0.502. The van der Waals surface area contributed by atoms with Crippen LogP contribution in [0.4, 0.5) is 5.82 Å². The fraction of sp³-hybridized carbons (Fsp3) is 0.474. The molecule has 1 fully saturated rings. The number of nitrogens with one attached hydrogen (secondary N) is 2. The van der Waals surface area contributed by atoms with E-state index < -0.39 is 10.0 Å². The van der Waals surface area contributed by atoms with Crippen LogP contribution in [0.1, 0.15) is 10.4 Å². The fourth-order valence-corrected chi connectivity index (χ4v) is 5.32. The SMILES string of the molecule is CN=C(NCCS(=O)(=O)N1CCN(c2ccccn2)CC1)NCc1sccc1C. The summed E-state index contributed by atoms with van der Waals surface area (Å²) in [5, 5.41) is 8.39. The smallest absolute Gasteiger partial charge is 0.215 e. The van der Waals surface area contributed by atoms with Gasteiger partial charge >= 0.3 is 0 Å². The third kappa shape index (κ3) is 5.91. The minimum Gasteiger partial charge on any atom is -0.355 e. The van der Waals surface area contributed by atoms with E-state index in [-0.39, 0.29) is 5.75 Å². The summed E-state index contributed by atoms with van der Waals surface area (Å²) in [4.78, 5) is 11.9. The Morgan fingerprint density at radius 1 is 1.21 bits per heavy atom. The molecule has 2 aromatic heterocycles. The van der Waals surface area contributed by atoms with Gasteiger partial charge in [0.15, 0.2) is 5.96 Å². The third-order valence-electron chi connectivity index (χ3n) is 4.87. The minimum absolute atomic E-state index is 0.0370. The van der Waals surface area contributed by atoms with E-state index >= 15 is 0 Å². The summed E-state index contributed by atoms with van der Waals surface area (Å²) in [6.45, 7) is 5.30. The summed E-state index contributed by atoms with van der Waals surface area (Å²) in [6.07, 6.45) is 1.75. The average Bonchev–Trinajstić information content (AvgIpc) is 3.16. The number of hydrogen-bond acceptors (Lipinski definition) is 6. The molecule has 2 aromatic rings. The molecule has 1 saturated heterocycles. The number of nitrogens with zero attached hydrogens (tertiary/aromatic N) is 4. The number of aliphatic imine (C=N–C) groups is 1. The van der Waals surface area contributed by atoms with Gasteiger partial charge in [0.2, 0.25) is 10.0 Å². The Hall–Kier alpha value is -2.17. The lowest BCUT2D eigenvalue weighted by molar-refractivity contribution is 0.384. The molecule has 0 amide bonds. The lowest BCUT2D eigenvalue weighted by Crippen LogP contribution is -2.50. The second kappa shape index (κ2) is 10.0. The number of anilines is 1. The number of guanidine groups is 1. The van der Waals surface area contributed by atoms with Gasteiger partial charge < -0.3 is 15.5 Å². The average molecular weight is 437 g/mol. The number of thiophene rings is 1. The Kier molecular flexibility index (Phi) is 7.45. The van der Waals surface area contributed by atoms with Crippen molar-refractivity contribution in [1.82, 2.24) is 19.9 Å². The Labute approximate surface area is 176 Å². The lowest BCUT2D eigenvalue weighted by atomic mass is 10.3. The molecule has 3 rings (SSSR count).